The highest BCUT2D eigenvalue weighted by Gasteiger charge is 2.14. The highest BCUT2D eigenvalue weighted by atomic mass is 79.9. The van der Waals surface area contributed by atoms with E-state index in [0.29, 0.717) is 12.6 Å². The van der Waals surface area contributed by atoms with Crippen LogP contribution in [-0.2, 0) is 13.2 Å². The van der Waals surface area contributed by atoms with Crippen LogP contribution in [0.4, 0.5) is 0 Å². The van der Waals surface area contributed by atoms with Crippen LogP contribution < -0.4 is 9.47 Å². The first-order valence-electron chi connectivity index (χ1n) is 8.86. The van der Waals surface area contributed by atoms with Crippen LogP contribution in [0.5, 0.6) is 11.8 Å². The number of hydrogen-bond donors (Lipinski definition) is 0. The lowest BCUT2D eigenvalue weighted by molar-refractivity contribution is 0.272. The Balaban J connectivity index is 1.63. The van der Waals surface area contributed by atoms with Gasteiger partial charge < -0.3 is 9.47 Å². The highest BCUT2D eigenvalue weighted by Crippen LogP contribution is 2.31. The summed E-state index contributed by atoms with van der Waals surface area (Å²) in [6.07, 6.45) is 3.30. The van der Waals surface area contributed by atoms with E-state index in [0.717, 1.165) is 37.9 Å². The number of rotatable bonds is 6. The van der Waals surface area contributed by atoms with E-state index in [2.05, 4.69) is 25.9 Å². The van der Waals surface area contributed by atoms with E-state index >= 15 is 0 Å². The van der Waals surface area contributed by atoms with Gasteiger partial charge in [-0.1, -0.05) is 42.5 Å². The van der Waals surface area contributed by atoms with Gasteiger partial charge in [0.15, 0.2) is 0 Å². The first-order valence-corrected chi connectivity index (χ1v) is 9.65. The lowest BCUT2D eigenvalue weighted by atomic mass is 10.1. The van der Waals surface area contributed by atoms with Crippen LogP contribution in [0.1, 0.15) is 16.8 Å². The van der Waals surface area contributed by atoms with Gasteiger partial charge in [0.25, 0.3) is 0 Å². The minimum Gasteiger partial charge on any atom is -0.488 e. The van der Waals surface area contributed by atoms with Gasteiger partial charge in [-0.15, -0.1) is 0 Å². The van der Waals surface area contributed by atoms with Crippen molar-refractivity contribution in [2.75, 3.05) is 0 Å². The van der Waals surface area contributed by atoms with E-state index in [1.54, 1.807) is 12.4 Å². The molecule has 0 fully saturated rings. The molecule has 0 aliphatic rings. The second-order valence-corrected chi connectivity index (χ2v) is 7.19. The quantitative estimate of drug-likeness (QED) is 0.413. The number of pyridine rings is 1. The van der Waals surface area contributed by atoms with Crippen LogP contribution in [0.25, 0.3) is 10.9 Å². The van der Waals surface area contributed by atoms with Crippen molar-refractivity contribution in [2.24, 2.45) is 0 Å². The minimum absolute atomic E-state index is 0.264. The zero-order chi connectivity index (χ0) is 19.3. The molecule has 5 nitrogen and oxygen atoms in total. The molecule has 4 rings (SSSR count). The van der Waals surface area contributed by atoms with Gasteiger partial charge in [0.05, 0.1) is 15.7 Å². The Morgan fingerprint density at radius 2 is 1.57 bits per heavy atom. The second kappa shape index (κ2) is 8.35. The second-order valence-electron chi connectivity index (χ2n) is 6.28. The van der Waals surface area contributed by atoms with Gasteiger partial charge in [-0.25, -0.2) is 15.0 Å². The van der Waals surface area contributed by atoms with Gasteiger partial charge >= 0.3 is 6.01 Å². The van der Waals surface area contributed by atoms with Crippen molar-refractivity contribution in [3.05, 3.63) is 88.3 Å². The van der Waals surface area contributed by atoms with Crippen molar-refractivity contribution in [3.63, 3.8) is 0 Å². The van der Waals surface area contributed by atoms with Gasteiger partial charge in [-0.2, -0.15) is 0 Å². The molecule has 0 atom stereocenters. The van der Waals surface area contributed by atoms with E-state index in [1.165, 1.54) is 0 Å². The SMILES string of the molecule is Cc1c(COc2ncc(Br)cn2)nc2ccccc2c1OCc1ccccc1. The summed E-state index contributed by atoms with van der Waals surface area (Å²) in [6, 6.07) is 18.4. The Morgan fingerprint density at radius 1 is 0.857 bits per heavy atom. The summed E-state index contributed by atoms with van der Waals surface area (Å²) in [5.74, 6) is 0.824. The average Bonchev–Trinajstić information content (AvgIpc) is 2.73. The zero-order valence-electron chi connectivity index (χ0n) is 15.3. The standard InChI is InChI=1S/C22H18BrN3O2/c1-15-20(14-28-22-24-11-17(23)12-25-22)26-19-10-6-5-9-18(19)21(15)27-13-16-7-3-2-4-8-16/h2-12H,13-14H2,1H3. The van der Waals surface area contributed by atoms with Crippen LogP contribution in [0.3, 0.4) is 0 Å². The van der Waals surface area contributed by atoms with Crippen LogP contribution in [0.2, 0.25) is 0 Å². The maximum Gasteiger partial charge on any atom is 0.316 e. The number of aromatic nitrogens is 3. The molecule has 0 bridgehead atoms. The van der Waals surface area contributed by atoms with Crippen LogP contribution in [-0.4, -0.2) is 15.0 Å². The molecular weight excluding hydrogens is 418 g/mol. The lowest BCUT2D eigenvalue weighted by Crippen LogP contribution is -2.06. The van der Waals surface area contributed by atoms with E-state index in [4.69, 9.17) is 14.5 Å². The summed E-state index contributed by atoms with van der Waals surface area (Å²) < 4.78 is 12.7. The largest absolute Gasteiger partial charge is 0.488 e. The van der Waals surface area contributed by atoms with E-state index in [1.807, 2.05) is 61.5 Å². The smallest absolute Gasteiger partial charge is 0.316 e. The molecule has 4 aromatic rings. The topological polar surface area (TPSA) is 57.1 Å². The molecule has 0 aliphatic carbocycles. The van der Waals surface area contributed by atoms with Gasteiger partial charge in [0.1, 0.15) is 19.0 Å². The Kier molecular flexibility index (Phi) is 5.48. The normalized spacial score (nSPS) is 10.8. The summed E-state index contributed by atoms with van der Waals surface area (Å²) in [5.41, 5.74) is 3.73. The molecule has 0 amide bonds. The zero-order valence-corrected chi connectivity index (χ0v) is 16.9. The fourth-order valence-electron chi connectivity index (χ4n) is 2.89. The van der Waals surface area contributed by atoms with Crippen molar-refractivity contribution in [3.8, 4) is 11.8 Å². The molecule has 0 radical (unpaired) electrons. The molecular formula is C22H18BrN3O2. The monoisotopic (exact) mass is 435 g/mol. The van der Waals surface area contributed by atoms with Gasteiger partial charge in [0.2, 0.25) is 0 Å². The molecule has 0 saturated carbocycles. The van der Waals surface area contributed by atoms with Crippen molar-refractivity contribution in [1.82, 2.24) is 15.0 Å². The van der Waals surface area contributed by atoms with E-state index in [-0.39, 0.29) is 6.61 Å². The molecule has 0 N–H and O–H groups in total. The lowest BCUT2D eigenvalue weighted by Gasteiger charge is -2.15. The number of hydrogen-bond acceptors (Lipinski definition) is 5. The van der Waals surface area contributed by atoms with Gasteiger partial charge in [0, 0.05) is 23.3 Å². The number of fused-ring (bicyclic) bond motifs is 1. The molecule has 6 heteroatoms. The number of para-hydroxylation sites is 1. The maximum atomic E-state index is 6.21. The average molecular weight is 436 g/mol. The number of ether oxygens (including phenoxy) is 2. The third-order valence-corrected chi connectivity index (χ3v) is 4.75. The Morgan fingerprint density at radius 3 is 2.36 bits per heavy atom. The third-order valence-electron chi connectivity index (χ3n) is 4.34. The van der Waals surface area contributed by atoms with E-state index in [9.17, 15) is 0 Å². The van der Waals surface area contributed by atoms with Crippen molar-refractivity contribution >= 4 is 26.8 Å². The molecule has 2 aromatic heterocycles. The van der Waals surface area contributed by atoms with Gasteiger partial charge in [-0.3, -0.25) is 0 Å². The first-order chi connectivity index (χ1) is 13.7. The van der Waals surface area contributed by atoms with Crippen molar-refractivity contribution in [1.29, 1.82) is 0 Å². The Labute approximate surface area is 171 Å². The number of halogens is 1. The molecule has 0 unspecified atom stereocenters. The fourth-order valence-corrected chi connectivity index (χ4v) is 3.09. The maximum absolute atomic E-state index is 6.21. The molecule has 0 aliphatic heterocycles. The van der Waals surface area contributed by atoms with Crippen LogP contribution in [0, 0.1) is 6.92 Å². The van der Waals surface area contributed by atoms with Crippen LogP contribution >= 0.6 is 15.9 Å². The summed E-state index contributed by atoms with van der Waals surface area (Å²) >= 11 is 3.32. The molecule has 2 aromatic carbocycles. The third kappa shape index (κ3) is 4.12. The molecule has 140 valence electrons. The number of nitrogens with zero attached hydrogens (tertiary/aromatic N) is 3. The molecule has 2 heterocycles. The molecule has 28 heavy (non-hydrogen) atoms. The van der Waals surface area contributed by atoms with Gasteiger partial charge in [-0.05, 0) is 40.5 Å². The summed E-state index contributed by atoms with van der Waals surface area (Å²) in [5, 5.41) is 0.986. The molecule has 0 spiro atoms. The predicted octanol–water partition coefficient (Wildman–Crippen LogP) is 5.25. The van der Waals surface area contributed by atoms with Crippen molar-refractivity contribution < 1.29 is 9.47 Å². The summed E-state index contributed by atoms with van der Waals surface area (Å²) in [6.45, 7) is 2.76. The highest BCUT2D eigenvalue weighted by molar-refractivity contribution is 9.10. The predicted molar refractivity (Wildman–Crippen MR) is 111 cm³/mol. The fraction of sp³-hybridized carbons (Fsp3) is 0.136. The Hall–Kier alpha value is -2.99. The molecule has 0 saturated heterocycles. The Bertz CT molecular complexity index is 1090. The summed E-state index contributed by atoms with van der Waals surface area (Å²) in [7, 11) is 0. The summed E-state index contributed by atoms with van der Waals surface area (Å²) in [4.78, 5) is 13.0. The van der Waals surface area contributed by atoms with E-state index < -0.39 is 0 Å². The number of benzene rings is 2. The van der Waals surface area contributed by atoms with Crippen LogP contribution in [0.15, 0.2) is 71.5 Å². The van der Waals surface area contributed by atoms with Crippen molar-refractivity contribution in [2.45, 2.75) is 20.1 Å². The minimum atomic E-state index is 0.264. The first kappa shape index (κ1) is 18.4.